The Bertz CT molecular complexity index is 870. The van der Waals surface area contributed by atoms with Crippen molar-refractivity contribution in [3.63, 3.8) is 0 Å². The molecule has 0 saturated carbocycles. The predicted octanol–water partition coefficient (Wildman–Crippen LogP) is 4.06. The van der Waals surface area contributed by atoms with Crippen LogP contribution in [0.3, 0.4) is 0 Å². The van der Waals surface area contributed by atoms with Crippen LogP contribution in [-0.4, -0.2) is 13.3 Å². The maximum atomic E-state index is 12.4. The van der Waals surface area contributed by atoms with Gasteiger partial charge < -0.3 is 0 Å². The molecule has 2 aromatic rings. The molecule has 2 rings (SSSR count). The Balaban J connectivity index is 2.22. The average molecular weight is 357 g/mol. The maximum absolute atomic E-state index is 12.4. The van der Waals surface area contributed by atoms with Crippen LogP contribution in [0.5, 0.6) is 0 Å². The number of nitrogens with zero attached hydrogens (tertiary/aromatic N) is 1. The van der Waals surface area contributed by atoms with Gasteiger partial charge in [0.1, 0.15) is 0 Å². The minimum Gasteiger partial charge on any atom is -0.258 e. The molecule has 0 radical (unpaired) electrons. The summed E-state index contributed by atoms with van der Waals surface area (Å²) in [5.41, 5.74) is -0.813. The molecule has 0 saturated heterocycles. The Morgan fingerprint density at radius 3 is 1.96 bits per heavy atom. The van der Waals surface area contributed by atoms with Gasteiger partial charge in [-0.1, -0.05) is 12.1 Å². The standard InChI is InChI=1S/C15H10F3NO4S/c16-15(17,18)12-3-1-11(2-4-12)9-10-24(22,23)14-7-5-13(6-8-14)19(20)21/h1-10H/b10-9+. The van der Waals surface area contributed by atoms with Gasteiger partial charge in [0, 0.05) is 17.5 Å². The van der Waals surface area contributed by atoms with Gasteiger partial charge >= 0.3 is 6.18 Å². The lowest BCUT2D eigenvalue weighted by Crippen LogP contribution is -2.04. The van der Waals surface area contributed by atoms with E-state index in [2.05, 4.69) is 0 Å². The number of halogens is 3. The SMILES string of the molecule is O=[N+]([O-])c1ccc(S(=O)(=O)/C=C/c2ccc(C(F)(F)F)cc2)cc1. The highest BCUT2D eigenvalue weighted by Crippen LogP contribution is 2.29. The summed E-state index contributed by atoms with van der Waals surface area (Å²) in [6.45, 7) is 0. The van der Waals surface area contributed by atoms with Crippen LogP contribution in [0.25, 0.3) is 6.08 Å². The van der Waals surface area contributed by atoms with E-state index in [9.17, 15) is 31.7 Å². The molecule has 0 fully saturated rings. The topological polar surface area (TPSA) is 77.3 Å². The molecule has 0 unspecified atom stereocenters. The molecule has 24 heavy (non-hydrogen) atoms. The first-order valence-corrected chi connectivity index (χ1v) is 7.99. The van der Waals surface area contributed by atoms with Gasteiger partial charge in [0.15, 0.2) is 9.84 Å². The van der Waals surface area contributed by atoms with E-state index >= 15 is 0 Å². The lowest BCUT2D eigenvalue weighted by Gasteiger charge is -2.06. The molecule has 0 N–H and O–H groups in total. The van der Waals surface area contributed by atoms with Crippen LogP contribution >= 0.6 is 0 Å². The second kappa shape index (κ2) is 6.44. The van der Waals surface area contributed by atoms with Gasteiger partial charge in [-0.15, -0.1) is 0 Å². The van der Waals surface area contributed by atoms with Gasteiger partial charge in [-0.05, 0) is 35.9 Å². The zero-order chi connectivity index (χ0) is 18.0. The molecule has 0 aromatic heterocycles. The van der Waals surface area contributed by atoms with E-state index in [1.165, 1.54) is 0 Å². The summed E-state index contributed by atoms with van der Waals surface area (Å²) >= 11 is 0. The molecule has 0 atom stereocenters. The summed E-state index contributed by atoms with van der Waals surface area (Å²) in [5, 5.41) is 11.4. The molecule has 0 spiro atoms. The zero-order valence-electron chi connectivity index (χ0n) is 11.9. The number of hydrogen-bond acceptors (Lipinski definition) is 4. The van der Waals surface area contributed by atoms with E-state index in [-0.39, 0.29) is 16.1 Å². The number of nitro groups is 1. The molecule has 0 aliphatic heterocycles. The van der Waals surface area contributed by atoms with E-state index in [4.69, 9.17) is 0 Å². The first kappa shape index (κ1) is 17.7. The van der Waals surface area contributed by atoms with Crippen molar-refractivity contribution < 1.29 is 26.5 Å². The van der Waals surface area contributed by atoms with Crippen LogP contribution in [0.2, 0.25) is 0 Å². The molecule has 0 amide bonds. The summed E-state index contributed by atoms with van der Waals surface area (Å²) in [5.74, 6) is 0. The second-order valence-electron chi connectivity index (χ2n) is 4.72. The summed E-state index contributed by atoms with van der Waals surface area (Å²) in [6, 6.07) is 8.26. The summed E-state index contributed by atoms with van der Waals surface area (Å²) < 4.78 is 61.5. The van der Waals surface area contributed by atoms with Gasteiger partial charge in [0.05, 0.1) is 15.4 Å². The Morgan fingerprint density at radius 2 is 1.50 bits per heavy atom. The molecular weight excluding hydrogens is 347 g/mol. The first-order chi connectivity index (χ1) is 11.1. The third-order valence-corrected chi connectivity index (χ3v) is 4.48. The molecule has 126 valence electrons. The van der Waals surface area contributed by atoms with E-state index in [1.54, 1.807) is 0 Å². The number of hydrogen-bond donors (Lipinski definition) is 0. The molecular formula is C15H10F3NO4S. The number of nitro benzene ring substituents is 1. The van der Waals surface area contributed by atoms with E-state index in [1.807, 2.05) is 0 Å². The highest BCUT2D eigenvalue weighted by atomic mass is 32.2. The van der Waals surface area contributed by atoms with Crippen molar-refractivity contribution in [1.82, 2.24) is 0 Å². The Kier molecular flexibility index (Phi) is 4.74. The lowest BCUT2D eigenvalue weighted by atomic mass is 10.1. The van der Waals surface area contributed by atoms with Crippen molar-refractivity contribution in [2.24, 2.45) is 0 Å². The summed E-state index contributed by atoms with van der Waals surface area (Å²) in [7, 11) is -3.86. The van der Waals surface area contributed by atoms with Gasteiger partial charge in [-0.2, -0.15) is 13.2 Å². The predicted molar refractivity (Wildman–Crippen MR) is 80.8 cm³/mol. The minimum atomic E-state index is -4.47. The monoisotopic (exact) mass is 357 g/mol. The second-order valence-corrected chi connectivity index (χ2v) is 6.55. The number of rotatable bonds is 4. The number of alkyl halides is 3. The fraction of sp³-hybridized carbons (Fsp3) is 0.0667. The Morgan fingerprint density at radius 1 is 0.958 bits per heavy atom. The lowest BCUT2D eigenvalue weighted by molar-refractivity contribution is -0.384. The van der Waals surface area contributed by atoms with Crippen molar-refractivity contribution in [2.45, 2.75) is 11.1 Å². The average Bonchev–Trinajstić information content (AvgIpc) is 2.52. The maximum Gasteiger partial charge on any atom is 0.416 e. The summed E-state index contributed by atoms with van der Waals surface area (Å²) in [6.07, 6.45) is -3.32. The molecule has 0 aliphatic carbocycles. The normalized spacial score (nSPS) is 12.5. The van der Waals surface area contributed by atoms with Gasteiger partial charge in [-0.25, -0.2) is 8.42 Å². The molecule has 0 bridgehead atoms. The quantitative estimate of drug-likeness (QED) is 0.611. The van der Waals surface area contributed by atoms with Crippen LogP contribution < -0.4 is 0 Å². The van der Waals surface area contributed by atoms with E-state index in [0.29, 0.717) is 0 Å². The van der Waals surface area contributed by atoms with Crippen molar-refractivity contribution in [2.75, 3.05) is 0 Å². The highest BCUT2D eigenvalue weighted by Gasteiger charge is 2.29. The van der Waals surface area contributed by atoms with E-state index < -0.39 is 26.5 Å². The highest BCUT2D eigenvalue weighted by molar-refractivity contribution is 7.94. The third-order valence-electron chi connectivity index (χ3n) is 3.05. The van der Waals surface area contributed by atoms with Crippen LogP contribution in [0.1, 0.15) is 11.1 Å². The van der Waals surface area contributed by atoms with Crippen molar-refractivity contribution in [3.8, 4) is 0 Å². The minimum absolute atomic E-state index is 0.156. The van der Waals surface area contributed by atoms with Crippen molar-refractivity contribution in [3.05, 3.63) is 75.2 Å². The Labute approximate surface area is 135 Å². The van der Waals surface area contributed by atoms with Gasteiger partial charge in [-0.3, -0.25) is 10.1 Å². The fourth-order valence-electron chi connectivity index (χ4n) is 1.79. The molecule has 9 heteroatoms. The van der Waals surface area contributed by atoms with Gasteiger partial charge in [0.2, 0.25) is 0 Å². The smallest absolute Gasteiger partial charge is 0.258 e. The van der Waals surface area contributed by atoms with Crippen molar-refractivity contribution in [1.29, 1.82) is 0 Å². The summed E-state index contributed by atoms with van der Waals surface area (Å²) in [4.78, 5) is 9.72. The van der Waals surface area contributed by atoms with Crippen LogP contribution in [0.4, 0.5) is 18.9 Å². The van der Waals surface area contributed by atoms with Gasteiger partial charge in [0.25, 0.3) is 5.69 Å². The molecule has 2 aromatic carbocycles. The number of non-ortho nitro benzene ring substituents is 1. The number of benzene rings is 2. The third kappa shape index (κ3) is 4.19. The number of sulfone groups is 1. The van der Waals surface area contributed by atoms with Crippen LogP contribution in [0.15, 0.2) is 58.8 Å². The molecule has 0 heterocycles. The first-order valence-electron chi connectivity index (χ1n) is 6.44. The van der Waals surface area contributed by atoms with Crippen LogP contribution in [0, 0.1) is 10.1 Å². The largest absolute Gasteiger partial charge is 0.416 e. The Hall–Kier alpha value is -2.68. The van der Waals surface area contributed by atoms with E-state index in [0.717, 1.165) is 60.0 Å². The fourth-order valence-corrected chi connectivity index (χ4v) is 2.80. The molecule has 0 aliphatic rings. The zero-order valence-corrected chi connectivity index (χ0v) is 12.7. The van der Waals surface area contributed by atoms with Crippen LogP contribution in [-0.2, 0) is 16.0 Å². The van der Waals surface area contributed by atoms with Crippen molar-refractivity contribution >= 4 is 21.6 Å². The molecule has 5 nitrogen and oxygen atoms in total.